The number of nitrogens with one attached hydrogen (secondary N) is 1. The van der Waals surface area contributed by atoms with E-state index >= 15 is 0 Å². The molecule has 5 nitrogen and oxygen atoms in total. The van der Waals surface area contributed by atoms with Gasteiger partial charge in [0.2, 0.25) is 5.91 Å². The lowest BCUT2D eigenvalue weighted by atomic mass is 10.1. The molecule has 0 aliphatic rings. The number of pyridine rings is 1. The van der Waals surface area contributed by atoms with Crippen LogP contribution in [0, 0.1) is 0 Å². The largest absolute Gasteiger partial charge is 0.320 e. The third-order valence-corrected chi connectivity index (χ3v) is 2.87. The average Bonchev–Trinajstić information content (AvgIpc) is 2.83. The standard InChI is InChI=1S/C11H12N4OS/c12-9(6-8-2-1-3-13-7-8)10(16)15-11-14-4-5-17-11/h1-5,7,9H,6,12H2,(H,14,15,16)/t9-/m0/s1. The number of hydrogen-bond donors (Lipinski definition) is 2. The van der Waals surface area contributed by atoms with Gasteiger partial charge in [-0.3, -0.25) is 9.78 Å². The Bertz CT molecular complexity index is 471. The summed E-state index contributed by atoms with van der Waals surface area (Å²) in [7, 11) is 0. The van der Waals surface area contributed by atoms with Gasteiger partial charge in [0.05, 0.1) is 6.04 Å². The van der Waals surface area contributed by atoms with E-state index in [0.717, 1.165) is 5.56 Å². The summed E-state index contributed by atoms with van der Waals surface area (Å²) in [4.78, 5) is 19.7. The van der Waals surface area contributed by atoms with E-state index in [1.54, 1.807) is 24.0 Å². The van der Waals surface area contributed by atoms with Crippen molar-refractivity contribution in [3.05, 3.63) is 41.7 Å². The Morgan fingerprint density at radius 3 is 3.06 bits per heavy atom. The van der Waals surface area contributed by atoms with Gasteiger partial charge in [-0.1, -0.05) is 6.07 Å². The number of thiazole rings is 1. The lowest BCUT2D eigenvalue weighted by molar-refractivity contribution is -0.117. The first-order valence-corrected chi connectivity index (χ1v) is 5.98. The summed E-state index contributed by atoms with van der Waals surface area (Å²) in [5.74, 6) is -0.233. The van der Waals surface area contributed by atoms with E-state index in [1.165, 1.54) is 11.3 Å². The van der Waals surface area contributed by atoms with Crippen LogP contribution in [0.4, 0.5) is 5.13 Å². The fraction of sp³-hybridized carbons (Fsp3) is 0.182. The van der Waals surface area contributed by atoms with Crippen LogP contribution < -0.4 is 11.1 Å². The predicted molar refractivity (Wildman–Crippen MR) is 66.7 cm³/mol. The monoisotopic (exact) mass is 248 g/mol. The van der Waals surface area contributed by atoms with Crippen molar-refractivity contribution in [2.24, 2.45) is 5.73 Å². The zero-order chi connectivity index (χ0) is 12.1. The van der Waals surface area contributed by atoms with Gasteiger partial charge in [0.15, 0.2) is 5.13 Å². The summed E-state index contributed by atoms with van der Waals surface area (Å²) >= 11 is 1.36. The number of nitrogens with two attached hydrogens (primary N) is 1. The minimum absolute atomic E-state index is 0.233. The summed E-state index contributed by atoms with van der Waals surface area (Å²) in [5.41, 5.74) is 6.74. The number of hydrogen-bond acceptors (Lipinski definition) is 5. The SMILES string of the molecule is N[C@@H](Cc1cccnc1)C(=O)Nc1nccs1. The van der Waals surface area contributed by atoms with E-state index in [2.05, 4.69) is 15.3 Å². The van der Waals surface area contributed by atoms with Gasteiger partial charge in [-0.05, 0) is 18.1 Å². The van der Waals surface area contributed by atoms with Crippen molar-refractivity contribution in [3.63, 3.8) is 0 Å². The highest BCUT2D eigenvalue weighted by molar-refractivity contribution is 7.13. The number of anilines is 1. The van der Waals surface area contributed by atoms with Gasteiger partial charge in [0.25, 0.3) is 0 Å². The molecule has 0 radical (unpaired) electrons. The van der Waals surface area contributed by atoms with Crippen molar-refractivity contribution in [2.75, 3.05) is 5.32 Å². The molecule has 17 heavy (non-hydrogen) atoms. The second-order valence-electron chi connectivity index (χ2n) is 3.50. The minimum Gasteiger partial charge on any atom is -0.320 e. The summed E-state index contributed by atoms with van der Waals surface area (Å²) in [5, 5.41) is 5.03. The predicted octanol–water partition coefficient (Wildman–Crippen LogP) is 1.05. The van der Waals surface area contributed by atoms with Crippen LogP contribution in [0.15, 0.2) is 36.1 Å². The maximum absolute atomic E-state index is 11.7. The lowest BCUT2D eigenvalue weighted by Crippen LogP contribution is -2.37. The summed E-state index contributed by atoms with van der Waals surface area (Å²) in [6.45, 7) is 0. The molecule has 1 atom stereocenters. The second kappa shape index (κ2) is 5.51. The first-order valence-electron chi connectivity index (χ1n) is 5.10. The van der Waals surface area contributed by atoms with Crippen LogP contribution in [-0.4, -0.2) is 21.9 Å². The Labute approximate surface area is 103 Å². The Morgan fingerprint density at radius 1 is 1.53 bits per heavy atom. The first kappa shape index (κ1) is 11.7. The highest BCUT2D eigenvalue weighted by Gasteiger charge is 2.15. The topological polar surface area (TPSA) is 80.9 Å². The number of carbonyl (C=O) groups excluding carboxylic acids is 1. The van der Waals surface area contributed by atoms with E-state index in [9.17, 15) is 4.79 Å². The molecule has 0 saturated carbocycles. The number of aromatic nitrogens is 2. The van der Waals surface area contributed by atoms with Crippen LogP contribution in [0.2, 0.25) is 0 Å². The van der Waals surface area contributed by atoms with Crippen LogP contribution in [0.25, 0.3) is 0 Å². The van der Waals surface area contributed by atoms with Crippen LogP contribution >= 0.6 is 11.3 Å². The molecule has 2 aromatic rings. The van der Waals surface area contributed by atoms with Crippen molar-refractivity contribution >= 4 is 22.4 Å². The smallest absolute Gasteiger partial charge is 0.243 e. The molecule has 0 fully saturated rings. The molecule has 0 bridgehead atoms. The van der Waals surface area contributed by atoms with Gasteiger partial charge >= 0.3 is 0 Å². The number of amides is 1. The highest BCUT2D eigenvalue weighted by atomic mass is 32.1. The van der Waals surface area contributed by atoms with Crippen molar-refractivity contribution < 1.29 is 4.79 Å². The zero-order valence-corrected chi connectivity index (χ0v) is 9.85. The molecule has 3 N–H and O–H groups in total. The van der Waals surface area contributed by atoms with E-state index in [-0.39, 0.29) is 5.91 Å². The van der Waals surface area contributed by atoms with Crippen molar-refractivity contribution in [3.8, 4) is 0 Å². The van der Waals surface area contributed by atoms with Gasteiger partial charge in [-0.2, -0.15) is 0 Å². The normalized spacial score (nSPS) is 12.1. The van der Waals surface area contributed by atoms with E-state index in [1.807, 2.05) is 12.1 Å². The van der Waals surface area contributed by atoms with Crippen molar-refractivity contribution in [2.45, 2.75) is 12.5 Å². The zero-order valence-electron chi connectivity index (χ0n) is 9.04. The fourth-order valence-electron chi connectivity index (χ4n) is 1.35. The molecule has 0 aliphatic carbocycles. The summed E-state index contributed by atoms with van der Waals surface area (Å²) in [6.07, 6.45) is 5.49. The number of rotatable bonds is 4. The Hall–Kier alpha value is -1.79. The molecule has 1 amide bonds. The summed E-state index contributed by atoms with van der Waals surface area (Å²) < 4.78 is 0. The molecule has 0 aromatic carbocycles. The molecule has 6 heteroatoms. The Balaban J connectivity index is 1.92. The minimum atomic E-state index is -0.594. The lowest BCUT2D eigenvalue weighted by Gasteiger charge is -2.10. The second-order valence-corrected chi connectivity index (χ2v) is 4.39. The highest BCUT2D eigenvalue weighted by Crippen LogP contribution is 2.11. The van der Waals surface area contributed by atoms with Crippen molar-refractivity contribution in [1.82, 2.24) is 9.97 Å². The maximum Gasteiger partial charge on any atom is 0.243 e. The third kappa shape index (κ3) is 3.33. The molecule has 2 heterocycles. The molecular formula is C11H12N4OS. The molecule has 0 spiro atoms. The molecule has 88 valence electrons. The maximum atomic E-state index is 11.7. The van der Waals surface area contributed by atoms with E-state index < -0.39 is 6.04 Å². The summed E-state index contributed by atoms with van der Waals surface area (Å²) in [6, 6.07) is 3.12. The molecule has 0 unspecified atom stereocenters. The van der Waals surface area contributed by atoms with Gasteiger partial charge < -0.3 is 11.1 Å². The van der Waals surface area contributed by atoms with E-state index in [0.29, 0.717) is 11.6 Å². The van der Waals surface area contributed by atoms with Crippen LogP contribution in [0.3, 0.4) is 0 Å². The van der Waals surface area contributed by atoms with Crippen LogP contribution in [0.1, 0.15) is 5.56 Å². The number of nitrogens with zero attached hydrogens (tertiary/aromatic N) is 2. The third-order valence-electron chi connectivity index (χ3n) is 2.18. The Kier molecular flexibility index (Phi) is 3.79. The van der Waals surface area contributed by atoms with Gasteiger partial charge in [-0.25, -0.2) is 4.98 Å². The first-order chi connectivity index (χ1) is 8.25. The molecule has 2 rings (SSSR count). The van der Waals surface area contributed by atoms with Gasteiger partial charge in [0.1, 0.15) is 0 Å². The fourth-order valence-corrected chi connectivity index (χ4v) is 1.88. The van der Waals surface area contributed by atoms with Gasteiger partial charge in [-0.15, -0.1) is 11.3 Å². The quantitative estimate of drug-likeness (QED) is 0.847. The molecular weight excluding hydrogens is 236 g/mol. The van der Waals surface area contributed by atoms with Gasteiger partial charge in [0, 0.05) is 24.0 Å². The molecule has 0 saturated heterocycles. The average molecular weight is 248 g/mol. The number of carbonyl (C=O) groups is 1. The van der Waals surface area contributed by atoms with Crippen LogP contribution in [0.5, 0.6) is 0 Å². The Morgan fingerprint density at radius 2 is 2.41 bits per heavy atom. The van der Waals surface area contributed by atoms with Crippen LogP contribution in [-0.2, 0) is 11.2 Å². The molecule has 0 aliphatic heterocycles. The van der Waals surface area contributed by atoms with E-state index in [4.69, 9.17) is 5.73 Å². The molecule has 2 aromatic heterocycles. The van der Waals surface area contributed by atoms with Crippen molar-refractivity contribution in [1.29, 1.82) is 0 Å².